The van der Waals surface area contributed by atoms with E-state index >= 15 is 0 Å². The van der Waals surface area contributed by atoms with Crippen molar-refractivity contribution in [3.63, 3.8) is 0 Å². The predicted molar refractivity (Wildman–Crippen MR) is 116 cm³/mol. The fraction of sp³-hybridized carbons (Fsp3) is 0.217. The van der Waals surface area contributed by atoms with E-state index in [1.54, 1.807) is 24.4 Å². The van der Waals surface area contributed by atoms with Crippen LogP contribution in [-0.4, -0.2) is 35.7 Å². The Morgan fingerprint density at radius 1 is 1.21 bits per heavy atom. The molecule has 6 rings (SSSR count). The topological polar surface area (TPSA) is 124 Å². The van der Waals surface area contributed by atoms with Crippen LogP contribution in [0.4, 0.5) is 4.39 Å². The highest BCUT2D eigenvalue weighted by Gasteiger charge is 2.27. The van der Waals surface area contributed by atoms with Crippen molar-refractivity contribution in [2.24, 2.45) is 0 Å². The van der Waals surface area contributed by atoms with Crippen molar-refractivity contribution >= 4 is 16.6 Å². The third-order valence-electron chi connectivity index (χ3n) is 5.87. The third kappa shape index (κ3) is 3.07. The van der Waals surface area contributed by atoms with Gasteiger partial charge >= 0.3 is 0 Å². The summed E-state index contributed by atoms with van der Waals surface area (Å²) in [6.07, 6.45) is 4.43. The zero-order chi connectivity index (χ0) is 23.2. The average Bonchev–Trinajstić information content (AvgIpc) is 3.62. The second kappa shape index (κ2) is 7.86. The van der Waals surface area contributed by atoms with E-state index in [0.717, 1.165) is 12.8 Å². The van der Waals surface area contributed by atoms with E-state index < -0.39 is 11.4 Å². The Labute approximate surface area is 190 Å². The summed E-state index contributed by atoms with van der Waals surface area (Å²) >= 11 is 0. The van der Waals surface area contributed by atoms with Gasteiger partial charge < -0.3 is 9.26 Å². The molecule has 0 amide bonds. The zero-order valence-electron chi connectivity index (χ0n) is 17.7. The lowest BCUT2D eigenvalue weighted by Gasteiger charge is -2.14. The number of ether oxygens (including phenoxy) is 1. The molecule has 5 aromatic rings. The number of imidazole rings is 1. The van der Waals surface area contributed by atoms with E-state index in [1.165, 1.54) is 27.4 Å². The summed E-state index contributed by atoms with van der Waals surface area (Å²) in [6, 6.07) is 9.88. The maximum atomic E-state index is 14.6. The summed E-state index contributed by atoms with van der Waals surface area (Å²) in [7, 11) is 0. The van der Waals surface area contributed by atoms with Crippen molar-refractivity contribution in [3.05, 3.63) is 76.2 Å². The van der Waals surface area contributed by atoms with E-state index in [0.29, 0.717) is 23.7 Å². The summed E-state index contributed by atoms with van der Waals surface area (Å²) < 4.78 is 28.4. The van der Waals surface area contributed by atoms with E-state index in [4.69, 9.17) is 9.26 Å². The third-order valence-corrected chi connectivity index (χ3v) is 5.87. The maximum absolute atomic E-state index is 14.6. The molecule has 1 aliphatic heterocycles. The fourth-order valence-electron chi connectivity index (χ4n) is 4.30. The zero-order valence-corrected chi connectivity index (χ0v) is 17.7. The molecular weight excluding hydrogens is 441 g/mol. The first-order valence-corrected chi connectivity index (χ1v) is 10.6. The van der Waals surface area contributed by atoms with Crippen molar-refractivity contribution in [3.8, 4) is 17.6 Å². The minimum Gasteiger partial charge on any atom is -0.368 e. The lowest BCUT2D eigenvalue weighted by atomic mass is 10.1. The predicted octanol–water partition coefficient (Wildman–Crippen LogP) is 3.00. The summed E-state index contributed by atoms with van der Waals surface area (Å²) in [5.41, 5.74) is 0.841. The van der Waals surface area contributed by atoms with Crippen LogP contribution in [0.15, 0.2) is 52.2 Å². The number of benzene rings is 1. The molecule has 1 aromatic carbocycles. The van der Waals surface area contributed by atoms with Crippen LogP contribution in [0.2, 0.25) is 0 Å². The highest BCUT2D eigenvalue weighted by molar-refractivity contribution is 5.87. The van der Waals surface area contributed by atoms with Crippen LogP contribution < -0.4 is 5.56 Å². The lowest BCUT2D eigenvalue weighted by Crippen LogP contribution is -2.25. The first-order valence-electron chi connectivity index (χ1n) is 10.6. The number of pyridine rings is 1. The number of fused-ring (bicyclic) bond motifs is 3. The highest BCUT2D eigenvalue weighted by atomic mass is 19.1. The Morgan fingerprint density at radius 3 is 2.88 bits per heavy atom. The molecule has 1 unspecified atom stereocenters. The number of rotatable bonds is 4. The summed E-state index contributed by atoms with van der Waals surface area (Å²) in [6.45, 7) is 0.653. The molecule has 4 aromatic heterocycles. The summed E-state index contributed by atoms with van der Waals surface area (Å²) in [5.74, 6) is -0.239. The number of aromatic nitrogens is 6. The number of nitrogens with zero attached hydrogens (tertiary/aromatic N) is 7. The Balaban J connectivity index is 1.62. The number of hydrogen-bond acceptors (Lipinski definition) is 8. The molecule has 1 fully saturated rings. The second-order valence-corrected chi connectivity index (χ2v) is 7.88. The monoisotopic (exact) mass is 457 g/mol. The van der Waals surface area contributed by atoms with Crippen LogP contribution in [0.1, 0.15) is 36.1 Å². The average molecular weight is 457 g/mol. The molecule has 1 aliphatic rings. The fourth-order valence-corrected chi connectivity index (χ4v) is 4.30. The Kier molecular flexibility index (Phi) is 4.67. The quantitative estimate of drug-likeness (QED) is 0.403. The molecule has 11 heteroatoms. The maximum Gasteiger partial charge on any atom is 0.278 e. The van der Waals surface area contributed by atoms with E-state index in [1.807, 2.05) is 6.07 Å². The Morgan fingerprint density at radius 2 is 2.12 bits per heavy atom. The van der Waals surface area contributed by atoms with Crippen LogP contribution in [0.25, 0.3) is 28.1 Å². The molecule has 0 spiro atoms. The molecule has 34 heavy (non-hydrogen) atoms. The highest BCUT2D eigenvalue weighted by Crippen LogP contribution is 2.30. The normalized spacial score (nSPS) is 15.8. The van der Waals surface area contributed by atoms with Gasteiger partial charge in [0.05, 0.1) is 23.3 Å². The van der Waals surface area contributed by atoms with Crippen molar-refractivity contribution < 1.29 is 13.7 Å². The van der Waals surface area contributed by atoms with Gasteiger partial charge in [-0.1, -0.05) is 11.2 Å². The van der Waals surface area contributed by atoms with E-state index in [9.17, 15) is 14.4 Å². The summed E-state index contributed by atoms with van der Waals surface area (Å²) in [5, 5.41) is 13.7. The largest absolute Gasteiger partial charge is 0.368 e. The van der Waals surface area contributed by atoms with Gasteiger partial charge in [0.2, 0.25) is 5.82 Å². The van der Waals surface area contributed by atoms with Gasteiger partial charge in [-0.2, -0.15) is 10.2 Å². The van der Waals surface area contributed by atoms with Gasteiger partial charge in [0.25, 0.3) is 11.4 Å². The lowest BCUT2D eigenvalue weighted by molar-refractivity contribution is 0.0835. The Bertz CT molecular complexity index is 1640. The number of halogens is 1. The molecule has 0 bridgehead atoms. The van der Waals surface area contributed by atoms with Gasteiger partial charge in [-0.15, -0.1) is 0 Å². The first-order chi connectivity index (χ1) is 16.7. The van der Waals surface area contributed by atoms with Crippen LogP contribution >= 0.6 is 0 Å². The standard InChI is InChI=1S/C23H16FN7O3/c24-15-6-7-16-19(14(15)10-25)30(11-13-4-1-2-8-26-13)23(32)20-18(27-12-31(16)20)21-28-22(34-29-21)17-5-3-9-33-17/h1-2,4,6-8,12,17H,3,5,9,11H2. The number of hydrogen-bond donors (Lipinski definition) is 0. The van der Waals surface area contributed by atoms with Gasteiger partial charge in [-0.05, 0) is 37.1 Å². The molecule has 0 N–H and O–H groups in total. The molecule has 0 saturated carbocycles. The molecule has 1 saturated heterocycles. The summed E-state index contributed by atoms with van der Waals surface area (Å²) in [4.78, 5) is 26.8. The Hall–Kier alpha value is -4.43. The minimum atomic E-state index is -0.719. The van der Waals surface area contributed by atoms with Gasteiger partial charge in [-0.25, -0.2) is 9.37 Å². The van der Waals surface area contributed by atoms with Crippen molar-refractivity contribution in [2.45, 2.75) is 25.5 Å². The van der Waals surface area contributed by atoms with Crippen LogP contribution in [0, 0.1) is 17.1 Å². The first kappa shape index (κ1) is 20.2. The molecule has 1 atom stereocenters. The van der Waals surface area contributed by atoms with E-state index in [-0.39, 0.29) is 40.8 Å². The SMILES string of the molecule is N#Cc1c(F)ccc2c1n(Cc1ccccn1)c(=O)c1c(-c3noc(C4CCCO4)n3)ncn12. The van der Waals surface area contributed by atoms with Crippen LogP contribution in [-0.2, 0) is 11.3 Å². The molecule has 10 nitrogen and oxygen atoms in total. The van der Waals surface area contributed by atoms with Gasteiger partial charge in [0.1, 0.15) is 41.1 Å². The van der Waals surface area contributed by atoms with Gasteiger partial charge in [-0.3, -0.25) is 18.7 Å². The molecule has 0 aliphatic carbocycles. The van der Waals surface area contributed by atoms with Crippen molar-refractivity contribution in [1.29, 1.82) is 5.26 Å². The molecule has 168 valence electrons. The van der Waals surface area contributed by atoms with Crippen LogP contribution in [0.5, 0.6) is 0 Å². The molecular formula is C23H16FN7O3. The smallest absolute Gasteiger partial charge is 0.278 e. The second-order valence-electron chi connectivity index (χ2n) is 7.88. The van der Waals surface area contributed by atoms with Crippen molar-refractivity contribution in [1.82, 2.24) is 29.1 Å². The van der Waals surface area contributed by atoms with Crippen LogP contribution in [0.3, 0.4) is 0 Å². The number of nitriles is 1. The van der Waals surface area contributed by atoms with Gasteiger partial charge in [0, 0.05) is 12.8 Å². The molecule has 5 heterocycles. The molecule has 0 radical (unpaired) electrons. The van der Waals surface area contributed by atoms with Gasteiger partial charge in [0.15, 0.2) is 0 Å². The van der Waals surface area contributed by atoms with E-state index in [2.05, 4.69) is 20.1 Å². The van der Waals surface area contributed by atoms with Crippen molar-refractivity contribution in [2.75, 3.05) is 6.61 Å². The minimum absolute atomic E-state index is 0.0306.